The Morgan fingerprint density at radius 3 is 2.70 bits per heavy atom. The van der Waals surface area contributed by atoms with Crippen LogP contribution in [-0.4, -0.2) is 30.8 Å². The Balaban J connectivity index is 1.99. The number of carbonyl (C=O) groups is 1. The summed E-state index contributed by atoms with van der Waals surface area (Å²) in [6, 6.07) is 12.8. The van der Waals surface area contributed by atoms with Crippen LogP contribution in [0.4, 0.5) is 11.5 Å². The molecule has 2 aromatic heterocycles. The number of aromatic carboxylic acids is 1. The molecule has 0 fully saturated rings. The van der Waals surface area contributed by atoms with Crippen LogP contribution in [0.2, 0.25) is 0 Å². The number of carboxylic acids is 1. The largest absolute Gasteiger partial charge is 0.478 e. The highest BCUT2D eigenvalue weighted by Gasteiger charge is 2.11. The van der Waals surface area contributed by atoms with Gasteiger partial charge in [-0.2, -0.15) is 15.3 Å². The molecular weight excluding hydrogens is 296 g/mol. The summed E-state index contributed by atoms with van der Waals surface area (Å²) in [5.41, 5.74) is 0.946. The SMILES string of the molecule is N#Cc1cc(Nc2ccccc2)nc(-n2cc(C(=O)O)cn2)n1. The fourth-order valence-corrected chi connectivity index (χ4v) is 1.87. The number of hydrogen-bond acceptors (Lipinski definition) is 6. The Kier molecular flexibility index (Phi) is 3.68. The molecule has 0 radical (unpaired) electrons. The molecular formula is C15H10N6O2. The van der Waals surface area contributed by atoms with Crippen LogP contribution < -0.4 is 5.32 Å². The quantitative estimate of drug-likeness (QED) is 0.756. The molecule has 23 heavy (non-hydrogen) atoms. The van der Waals surface area contributed by atoms with E-state index in [4.69, 9.17) is 10.4 Å². The predicted molar refractivity (Wildman–Crippen MR) is 80.6 cm³/mol. The lowest BCUT2D eigenvalue weighted by Crippen LogP contribution is -2.06. The molecule has 0 aliphatic rings. The first-order chi connectivity index (χ1) is 11.2. The van der Waals surface area contributed by atoms with Gasteiger partial charge in [0.2, 0.25) is 0 Å². The fraction of sp³-hybridized carbons (Fsp3) is 0. The van der Waals surface area contributed by atoms with Crippen LogP contribution in [0.15, 0.2) is 48.8 Å². The normalized spacial score (nSPS) is 10.0. The topological polar surface area (TPSA) is 117 Å². The van der Waals surface area contributed by atoms with E-state index in [1.807, 2.05) is 36.4 Å². The third-order valence-electron chi connectivity index (χ3n) is 2.91. The fourth-order valence-electron chi connectivity index (χ4n) is 1.87. The number of anilines is 2. The van der Waals surface area contributed by atoms with Gasteiger partial charge >= 0.3 is 5.97 Å². The molecule has 2 N–H and O–H groups in total. The second-order valence-electron chi connectivity index (χ2n) is 4.52. The maximum Gasteiger partial charge on any atom is 0.338 e. The second-order valence-corrected chi connectivity index (χ2v) is 4.52. The summed E-state index contributed by atoms with van der Waals surface area (Å²) in [5, 5.41) is 25.0. The molecule has 2 heterocycles. The molecule has 8 nitrogen and oxygen atoms in total. The summed E-state index contributed by atoms with van der Waals surface area (Å²) in [7, 11) is 0. The highest BCUT2D eigenvalue weighted by Crippen LogP contribution is 2.16. The van der Waals surface area contributed by atoms with E-state index in [1.54, 1.807) is 0 Å². The Morgan fingerprint density at radius 2 is 2.04 bits per heavy atom. The van der Waals surface area contributed by atoms with Crippen molar-refractivity contribution < 1.29 is 9.90 Å². The van der Waals surface area contributed by atoms with Gasteiger partial charge in [-0.3, -0.25) is 0 Å². The number of benzene rings is 1. The Morgan fingerprint density at radius 1 is 1.26 bits per heavy atom. The summed E-state index contributed by atoms with van der Waals surface area (Å²) in [6.45, 7) is 0. The van der Waals surface area contributed by atoms with Crippen molar-refractivity contribution in [2.24, 2.45) is 0 Å². The average Bonchev–Trinajstić information content (AvgIpc) is 3.06. The molecule has 0 bridgehead atoms. The lowest BCUT2D eigenvalue weighted by molar-refractivity contribution is 0.0697. The molecule has 3 aromatic rings. The van der Waals surface area contributed by atoms with Gasteiger partial charge in [0.05, 0.1) is 11.8 Å². The van der Waals surface area contributed by atoms with Crippen molar-refractivity contribution in [1.82, 2.24) is 19.7 Å². The summed E-state index contributed by atoms with van der Waals surface area (Å²) in [4.78, 5) is 19.2. The van der Waals surface area contributed by atoms with Gasteiger partial charge in [0.25, 0.3) is 5.95 Å². The van der Waals surface area contributed by atoms with Gasteiger partial charge in [0.1, 0.15) is 17.6 Å². The summed E-state index contributed by atoms with van der Waals surface area (Å²) < 4.78 is 1.21. The highest BCUT2D eigenvalue weighted by molar-refractivity contribution is 5.86. The van der Waals surface area contributed by atoms with Gasteiger partial charge in [-0.25, -0.2) is 14.5 Å². The molecule has 0 unspecified atom stereocenters. The third kappa shape index (κ3) is 3.14. The van der Waals surface area contributed by atoms with E-state index in [0.29, 0.717) is 5.82 Å². The monoisotopic (exact) mass is 306 g/mol. The van der Waals surface area contributed by atoms with Crippen molar-refractivity contribution in [3.63, 3.8) is 0 Å². The number of rotatable bonds is 4. The minimum atomic E-state index is -1.10. The standard InChI is InChI=1S/C15H10N6O2/c16-7-12-6-13(18-11-4-2-1-3-5-11)20-15(19-12)21-9-10(8-17-21)14(22)23/h1-6,8-9H,(H,22,23)(H,18,19,20). The van der Waals surface area contributed by atoms with Crippen molar-refractivity contribution in [2.75, 3.05) is 5.32 Å². The van der Waals surface area contributed by atoms with E-state index in [0.717, 1.165) is 5.69 Å². The third-order valence-corrected chi connectivity index (χ3v) is 2.91. The summed E-state index contributed by atoms with van der Waals surface area (Å²) >= 11 is 0. The van der Waals surface area contributed by atoms with Crippen LogP contribution in [-0.2, 0) is 0 Å². The van der Waals surface area contributed by atoms with Crippen molar-refractivity contribution in [1.29, 1.82) is 5.26 Å². The minimum Gasteiger partial charge on any atom is -0.478 e. The van der Waals surface area contributed by atoms with Crippen LogP contribution in [0.1, 0.15) is 16.1 Å². The molecule has 112 valence electrons. The van der Waals surface area contributed by atoms with E-state index in [9.17, 15) is 4.79 Å². The molecule has 0 atom stereocenters. The van der Waals surface area contributed by atoms with Gasteiger partial charge in [-0.05, 0) is 12.1 Å². The number of aromatic nitrogens is 4. The first kappa shape index (κ1) is 14.2. The number of para-hydroxylation sites is 1. The van der Waals surface area contributed by atoms with Crippen LogP contribution in [0.5, 0.6) is 0 Å². The number of nitriles is 1. The molecule has 8 heteroatoms. The second kappa shape index (κ2) is 5.95. The zero-order chi connectivity index (χ0) is 16.2. The van der Waals surface area contributed by atoms with Gasteiger partial charge in [-0.15, -0.1) is 0 Å². The van der Waals surface area contributed by atoms with Crippen molar-refractivity contribution in [2.45, 2.75) is 0 Å². The first-order valence-electron chi connectivity index (χ1n) is 6.55. The Hall–Kier alpha value is -3.73. The number of carboxylic acid groups (broad SMARTS) is 1. The predicted octanol–water partition coefficient (Wildman–Crippen LogP) is 1.98. The van der Waals surface area contributed by atoms with Crippen LogP contribution in [0.25, 0.3) is 5.95 Å². The average molecular weight is 306 g/mol. The number of hydrogen-bond donors (Lipinski definition) is 2. The molecule has 0 saturated carbocycles. The van der Waals surface area contributed by atoms with Crippen LogP contribution >= 0.6 is 0 Å². The van der Waals surface area contributed by atoms with E-state index in [1.165, 1.54) is 23.1 Å². The number of nitrogens with zero attached hydrogens (tertiary/aromatic N) is 5. The maximum atomic E-state index is 10.9. The van der Waals surface area contributed by atoms with Gasteiger partial charge in [-0.1, -0.05) is 18.2 Å². The van der Waals surface area contributed by atoms with Gasteiger partial charge in [0.15, 0.2) is 0 Å². The van der Waals surface area contributed by atoms with E-state index in [-0.39, 0.29) is 17.2 Å². The lowest BCUT2D eigenvalue weighted by atomic mass is 10.3. The maximum absolute atomic E-state index is 10.9. The lowest BCUT2D eigenvalue weighted by Gasteiger charge is -2.07. The number of nitrogens with one attached hydrogen (secondary N) is 1. The Labute approximate surface area is 130 Å². The molecule has 0 aliphatic carbocycles. The highest BCUT2D eigenvalue weighted by atomic mass is 16.4. The first-order valence-corrected chi connectivity index (χ1v) is 6.55. The van der Waals surface area contributed by atoms with Gasteiger partial charge < -0.3 is 10.4 Å². The van der Waals surface area contributed by atoms with E-state index < -0.39 is 5.97 Å². The zero-order valence-corrected chi connectivity index (χ0v) is 11.7. The molecule has 0 aliphatic heterocycles. The summed E-state index contributed by atoms with van der Waals surface area (Å²) in [6.07, 6.45) is 2.47. The van der Waals surface area contributed by atoms with Gasteiger partial charge in [0, 0.05) is 18.0 Å². The molecule has 3 rings (SSSR count). The van der Waals surface area contributed by atoms with Crippen LogP contribution in [0.3, 0.4) is 0 Å². The van der Waals surface area contributed by atoms with Crippen molar-refractivity contribution in [3.05, 3.63) is 60.0 Å². The minimum absolute atomic E-state index is 0.00790. The van der Waals surface area contributed by atoms with E-state index in [2.05, 4.69) is 20.4 Å². The van der Waals surface area contributed by atoms with Crippen molar-refractivity contribution >= 4 is 17.5 Å². The Bertz CT molecular complexity index is 898. The van der Waals surface area contributed by atoms with E-state index >= 15 is 0 Å². The summed E-state index contributed by atoms with van der Waals surface area (Å²) in [5.74, 6) is -0.588. The van der Waals surface area contributed by atoms with Crippen molar-refractivity contribution in [3.8, 4) is 12.0 Å². The molecule has 1 aromatic carbocycles. The molecule has 0 amide bonds. The molecule has 0 saturated heterocycles. The smallest absolute Gasteiger partial charge is 0.338 e. The molecule has 0 spiro atoms. The van der Waals surface area contributed by atoms with Crippen LogP contribution in [0, 0.1) is 11.3 Å². The zero-order valence-electron chi connectivity index (χ0n) is 11.7.